The molecule has 0 bridgehead atoms. The quantitative estimate of drug-likeness (QED) is 0.637. The summed E-state index contributed by atoms with van der Waals surface area (Å²) in [5, 5.41) is 7.19. The van der Waals surface area contributed by atoms with E-state index in [2.05, 4.69) is 5.73 Å². The smallest absolute Gasteiger partial charge is 0.402 e. The fraction of sp³-hybridized carbons (Fsp3) is 0. The normalized spacial score (nSPS) is 4.00. The maximum atomic E-state index is 8.78. The van der Waals surface area contributed by atoms with E-state index in [0.29, 0.717) is 0 Å². The van der Waals surface area contributed by atoms with Gasteiger partial charge in [0.25, 0.3) is 0 Å². The summed E-state index contributed by atoms with van der Waals surface area (Å²) in [6.45, 7) is 0. The molecule has 0 aliphatic carbocycles. The van der Waals surface area contributed by atoms with Gasteiger partial charge in [-0.05, 0) is 0 Å². The van der Waals surface area contributed by atoms with Crippen LogP contribution in [0.25, 0.3) is 0 Å². The van der Waals surface area contributed by atoms with Crippen molar-refractivity contribution in [3.63, 3.8) is 0 Å². The third-order valence-corrected chi connectivity index (χ3v) is 0. The average molecular weight is 223 g/mol. The zero-order chi connectivity index (χ0) is 3.58. The van der Waals surface area contributed by atoms with Gasteiger partial charge in [0.15, 0.2) is 0 Å². The van der Waals surface area contributed by atoms with Crippen molar-refractivity contribution >= 4 is 40.1 Å². The maximum Gasteiger partial charge on any atom is 0.402 e. The van der Waals surface area contributed by atoms with Crippen LogP contribution in [0.5, 0.6) is 0 Å². The second-order valence-electron chi connectivity index (χ2n) is 0.338. The van der Waals surface area contributed by atoms with Crippen LogP contribution in [0, 0.1) is 0 Å². The molecule has 0 fully saturated rings. The van der Waals surface area contributed by atoms with Gasteiger partial charge in [0.05, 0.1) is 0 Å². The number of carboxylic acid groups (broad SMARTS) is 1. The Hall–Kier alpha value is 0.230. The van der Waals surface area contributed by atoms with Gasteiger partial charge >= 0.3 is 6.09 Å². The summed E-state index contributed by atoms with van der Waals surface area (Å²) in [7, 11) is 0. The van der Waals surface area contributed by atoms with E-state index in [4.69, 9.17) is 9.90 Å². The largest absolute Gasteiger partial charge is 0.465 e. The Morgan fingerprint density at radius 1 is 1.50 bits per heavy atom. The van der Waals surface area contributed by atoms with E-state index in [-0.39, 0.29) is 34.0 Å². The van der Waals surface area contributed by atoms with Crippen LogP contribution in [0.2, 0.25) is 0 Å². The van der Waals surface area contributed by atoms with Crippen molar-refractivity contribution in [1.29, 1.82) is 0 Å². The van der Waals surface area contributed by atoms with Gasteiger partial charge in [0, 0.05) is 0 Å². The second kappa shape index (κ2) is 8.97. The van der Waals surface area contributed by atoms with Gasteiger partial charge in [0.2, 0.25) is 0 Å². The van der Waals surface area contributed by atoms with Gasteiger partial charge in [-0.15, -0.1) is 34.0 Å². The molecular weight excluding hydrogens is 218 g/mol. The summed E-state index contributed by atoms with van der Waals surface area (Å²) in [6, 6.07) is 0. The molecule has 0 heterocycles. The summed E-state index contributed by atoms with van der Waals surface area (Å²) in [4.78, 5) is 8.78. The molecule has 1 amide bonds. The lowest BCUT2D eigenvalue weighted by Gasteiger charge is -1.61. The predicted molar refractivity (Wildman–Crippen MR) is 32.9 cm³/mol. The Bertz CT molecular complexity index is 34.5. The zero-order valence-electron chi connectivity index (χ0n) is 2.75. The minimum Gasteiger partial charge on any atom is -0.465 e. The van der Waals surface area contributed by atoms with Crippen molar-refractivity contribution < 1.29 is 9.90 Å². The lowest BCUT2D eigenvalue weighted by Crippen LogP contribution is -2.03. The van der Waals surface area contributed by atoms with Crippen molar-refractivity contribution in [1.82, 2.24) is 0 Å². The summed E-state index contributed by atoms with van der Waals surface area (Å²) >= 11 is 0. The number of hydrogen-bond acceptors (Lipinski definition) is 1. The molecule has 0 saturated carbocycles. The Morgan fingerprint density at radius 3 is 1.50 bits per heavy atom. The van der Waals surface area contributed by atoms with E-state index in [1.54, 1.807) is 0 Å². The first-order chi connectivity index (χ1) is 1.73. The molecule has 0 aliphatic rings. The Labute approximate surface area is 56.1 Å². The molecule has 0 aromatic carbocycles. The number of rotatable bonds is 0. The molecule has 40 valence electrons. The second-order valence-corrected chi connectivity index (χ2v) is 0.338. The van der Waals surface area contributed by atoms with Crippen molar-refractivity contribution in [3.05, 3.63) is 0 Å². The van der Waals surface area contributed by atoms with E-state index in [1.165, 1.54) is 0 Å². The maximum absolute atomic E-state index is 8.78. The first-order valence-corrected chi connectivity index (χ1v) is 0.716. The molecule has 3 N–H and O–H groups in total. The molecule has 0 radical (unpaired) electrons. The minimum absolute atomic E-state index is 0. The molecule has 3 nitrogen and oxygen atoms in total. The van der Waals surface area contributed by atoms with Crippen LogP contribution >= 0.6 is 34.0 Å². The summed E-state index contributed by atoms with van der Waals surface area (Å²) in [5.41, 5.74) is 4.03. The van der Waals surface area contributed by atoms with Crippen LogP contribution in [0.3, 0.4) is 0 Å². The average Bonchev–Trinajstić information content (AvgIpc) is 0.811. The molecule has 0 aliphatic heterocycles. The number of amides is 1. The minimum atomic E-state index is -1.33. The predicted octanol–water partition coefficient (Wildman–Crippen LogP) is 0.779. The van der Waals surface area contributed by atoms with Crippen molar-refractivity contribution in [2.24, 2.45) is 5.73 Å². The summed E-state index contributed by atoms with van der Waals surface area (Å²) < 4.78 is 0. The fourth-order valence-corrected chi connectivity index (χ4v) is 0. The highest BCUT2D eigenvalue weighted by Crippen LogP contribution is 1.34. The van der Waals surface area contributed by atoms with Crippen LogP contribution in [0.15, 0.2) is 0 Å². The van der Waals surface area contributed by atoms with Crippen LogP contribution in [0.1, 0.15) is 0 Å². The first kappa shape index (κ1) is 16.3. The van der Waals surface area contributed by atoms with Crippen LogP contribution < -0.4 is 5.73 Å². The van der Waals surface area contributed by atoms with E-state index in [1.807, 2.05) is 0 Å². The zero-order valence-corrected chi connectivity index (χ0v) is 6.18. The highest BCUT2D eigenvalue weighted by molar-refractivity contribution is 8.93. The molecule has 0 rings (SSSR count). The van der Waals surface area contributed by atoms with E-state index in [0.717, 1.165) is 0 Å². The SMILES string of the molecule is Br.Br.NC(=O)O. The van der Waals surface area contributed by atoms with Gasteiger partial charge in [0.1, 0.15) is 0 Å². The third kappa shape index (κ3) is 834. The van der Waals surface area contributed by atoms with E-state index >= 15 is 0 Å². The lowest BCUT2D eigenvalue weighted by atomic mass is 11.3. The van der Waals surface area contributed by atoms with Gasteiger partial charge in [-0.3, -0.25) is 0 Å². The number of hydrogen-bond donors (Lipinski definition) is 2. The number of nitrogens with two attached hydrogens (primary N) is 1. The van der Waals surface area contributed by atoms with Gasteiger partial charge in [-0.25, -0.2) is 4.79 Å². The highest BCUT2D eigenvalue weighted by atomic mass is 79.9. The third-order valence-electron chi connectivity index (χ3n) is 0. The number of primary amides is 1. The Kier molecular flexibility index (Phi) is 24.4. The van der Waals surface area contributed by atoms with Crippen LogP contribution in [-0.4, -0.2) is 11.2 Å². The van der Waals surface area contributed by atoms with Gasteiger partial charge in [-0.2, -0.15) is 0 Å². The van der Waals surface area contributed by atoms with Crippen molar-refractivity contribution in [3.8, 4) is 0 Å². The molecule has 0 unspecified atom stereocenters. The lowest BCUT2D eigenvalue weighted by molar-refractivity contribution is 0.205. The summed E-state index contributed by atoms with van der Waals surface area (Å²) in [5.74, 6) is 0. The van der Waals surface area contributed by atoms with Gasteiger partial charge < -0.3 is 10.8 Å². The van der Waals surface area contributed by atoms with Crippen molar-refractivity contribution in [2.75, 3.05) is 0 Å². The number of carbonyl (C=O) groups is 1. The van der Waals surface area contributed by atoms with Crippen LogP contribution in [0.4, 0.5) is 4.79 Å². The Balaban J connectivity index is -0.0000000450. The molecule has 0 aromatic heterocycles. The van der Waals surface area contributed by atoms with E-state index < -0.39 is 6.09 Å². The molecule has 0 spiro atoms. The molecule has 5 heteroatoms. The van der Waals surface area contributed by atoms with Crippen LogP contribution in [-0.2, 0) is 0 Å². The Morgan fingerprint density at radius 2 is 1.50 bits per heavy atom. The molecule has 0 atom stereocenters. The molecule has 6 heavy (non-hydrogen) atoms. The molecular formula is CH5Br2NO2. The first-order valence-electron chi connectivity index (χ1n) is 0.716. The highest BCUT2D eigenvalue weighted by Gasteiger charge is 1.65. The topological polar surface area (TPSA) is 63.3 Å². The monoisotopic (exact) mass is 221 g/mol. The van der Waals surface area contributed by atoms with Gasteiger partial charge in [-0.1, -0.05) is 0 Å². The molecule has 0 saturated heterocycles. The number of halogens is 2. The molecule has 0 aromatic rings. The van der Waals surface area contributed by atoms with E-state index in [9.17, 15) is 0 Å². The fourth-order valence-electron chi connectivity index (χ4n) is 0. The summed E-state index contributed by atoms with van der Waals surface area (Å²) in [6.07, 6.45) is -1.33. The standard InChI is InChI=1S/CH3NO2.2BrH/c2-1(3)4;;/h2H2,(H,3,4);2*1H. The van der Waals surface area contributed by atoms with Crippen molar-refractivity contribution in [2.45, 2.75) is 0 Å².